The molecule has 0 bridgehead atoms. The van der Waals surface area contributed by atoms with Crippen LogP contribution in [-0.4, -0.2) is 25.0 Å². The van der Waals surface area contributed by atoms with Gasteiger partial charge in [0.15, 0.2) is 0 Å². The van der Waals surface area contributed by atoms with Crippen LogP contribution < -0.4 is 5.32 Å². The molecule has 1 aromatic carbocycles. The summed E-state index contributed by atoms with van der Waals surface area (Å²) in [5.74, 6) is -0.735. The Bertz CT molecular complexity index is 533. The van der Waals surface area contributed by atoms with Crippen LogP contribution in [-0.2, 0) is 19.7 Å². The number of aryl methyl sites for hydroxylation is 1. The van der Waals surface area contributed by atoms with Crippen molar-refractivity contribution in [1.29, 1.82) is 0 Å². The molecule has 4 heteroatoms. The number of carbonyl (C=O) groups excluding carboxylic acids is 2. The molecule has 1 aromatic rings. The summed E-state index contributed by atoms with van der Waals surface area (Å²) in [5, 5.41) is 2.97. The van der Waals surface area contributed by atoms with Gasteiger partial charge in [-0.15, -0.1) is 0 Å². The summed E-state index contributed by atoms with van der Waals surface area (Å²) in [5.41, 5.74) is 2.46. The predicted octanol–water partition coefficient (Wildman–Crippen LogP) is 3.90. The third-order valence-corrected chi connectivity index (χ3v) is 4.41. The minimum Gasteiger partial charge on any atom is -0.466 e. The molecule has 1 N–H and O–H groups in total. The normalized spacial score (nSPS) is 11.2. The SMILES string of the molecule is CCCC(CCC)(CNC(=O)CC(=O)OCC)c1ccccc1C. The fourth-order valence-corrected chi connectivity index (χ4v) is 3.46. The van der Waals surface area contributed by atoms with Crippen LogP contribution in [0, 0.1) is 6.92 Å². The van der Waals surface area contributed by atoms with Crippen molar-refractivity contribution >= 4 is 11.9 Å². The van der Waals surface area contributed by atoms with Gasteiger partial charge in [0.2, 0.25) is 5.91 Å². The van der Waals surface area contributed by atoms with Crippen molar-refractivity contribution in [3.05, 3.63) is 35.4 Å². The molecule has 0 aliphatic rings. The van der Waals surface area contributed by atoms with Crippen molar-refractivity contribution in [2.75, 3.05) is 13.2 Å². The Morgan fingerprint density at radius 2 is 1.71 bits per heavy atom. The Kier molecular flexibility index (Phi) is 8.51. The van der Waals surface area contributed by atoms with Crippen LogP contribution in [0.15, 0.2) is 24.3 Å². The highest BCUT2D eigenvalue weighted by atomic mass is 16.5. The van der Waals surface area contributed by atoms with Crippen LogP contribution >= 0.6 is 0 Å². The molecule has 4 nitrogen and oxygen atoms in total. The molecule has 0 atom stereocenters. The van der Waals surface area contributed by atoms with E-state index in [0.29, 0.717) is 13.2 Å². The zero-order valence-electron chi connectivity index (χ0n) is 15.5. The van der Waals surface area contributed by atoms with E-state index in [1.165, 1.54) is 11.1 Å². The number of nitrogens with one attached hydrogen (secondary N) is 1. The standard InChI is InChI=1S/C20H31NO3/c1-5-12-20(13-6-2,17-11-9-8-10-16(17)4)15-21-18(22)14-19(23)24-7-3/h8-11H,5-7,12-15H2,1-4H3,(H,21,22). The molecule has 0 saturated heterocycles. The molecule has 1 amide bonds. The van der Waals surface area contributed by atoms with Gasteiger partial charge in [-0.25, -0.2) is 0 Å². The van der Waals surface area contributed by atoms with Gasteiger partial charge in [-0.3, -0.25) is 9.59 Å². The predicted molar refractivity (Wildman–Crippen MR) is 96.9 cm³/mol. The number of ether oxygens (including phenoxy) is 1. The average molecular weight is 333 g/mol. The Balaban J connectivity index is 2.92. The summed E-state index contributed by atoms with van der Waals surface area (Å²) in [6.07, 6.45) is 3.89. The summed E-state index contributed by atoms with van der Waals surface area (Å²) in [6.45, 7) is 9.05. The van der Waals surface area contributed by atoms with Crippen molar-refractivity contribution in [3.8, 4) is 0 Å². The van der Waals surface area contributed by atoms with Gasteiger partial charge in [-0.2, -0.15) is 0 Å². The Morgan fingerprint density at radius 1 is 1.08 bits per heavy atom. The molecule has 0 aromatic heterocycles. The van der Waals surface area contributed by atoms with Gasteiger partial charge in [0, 0.05) is 12.0 Å². The first kappa shape index (κ1) is 20.2. The van der Waals surface area contributed by atoms with Crippen molar-refractivity contribution < 1.29 is 14.3 Å². The zero-order valence-corrected chi connectivity index (χ0v) is 15.5. The van der Waals surface area contributed by atoms with E-state index in [4.69, 9.17) is 4.74 Å². The molecule has 1 rings (SSSR count). The molecule has 0 heterocycles. The number of carbonyl (C=O) groups is 2. The van der Waals surface area contributed by atoms with Crippen molar-refractivity contribution in [3.63, 3.8) is 0 Å². The third-order valence-electron chi connectivity index (χ3n) is 4.41. The molecule has 24 heavy (non-hydrogen) atoms. The van der Waals surface area contributed by atoms with E-state index in [0.717, 1.165) is 25.7 Å². The van der Waals surface area contributed by atoms with Gasteiger partial charge in [0.25, 0.3) is 0 Å². The molecule has 0 aliphatic heterocycles. The fraction of sp³-hybridized carbons (Fsp3) is 0.600. The second-order valence-electron chi connectivity index (χ2n) is 6.35. The lowest BCUT2D eigenvalue weighted by atomic mass is 9.71. The van der Waals surface area contributed by atoms with Crippen LogP contribution in [0.5, 0.6) is 0 Å². The lowest BCUT2D eigenvalue weighted by molar-refractivity contribution is -0.146. The highest BCUT2D eigenvalue weighted by molar-refractivity contribution is 5.94. The number of hydrogen-bond donors (Lipinski definition) is 1. The first-order valence-electron chi connectivity index (χ1n) is 8.97. The van der Waals surface area contributed by atoms with Crippen LogP contribution in [0.3, 0.4) is 0 Å². The van der Waals surface area contributed by atoms with Gasteiger partial charge in [-0.05, 0) is 37.8 Å². The van der Waals surface area contributed by atoms with E-state index in [2.05, 4.69) is 44.3 Å². The smallest absolute Gasteiger partial charge is 0.315 e. The first-order valence-corrected chi connectivity index (χ1v) is 8.97. The van der Waals surface area contributed by atoms with Gasteiger partial charge in [0.1, 0.15) is 6.42 Å². The maximum absolute atomic E-state index is 12.1. The molecule has 0 fully saturated rings. The van der Waals surface area contributed by atoms with Gasteiger partial charge < -0.3 is 10.1 Å². The average Bonchev–Trinajstić information content (AvgIpc) is 2.53. The number of amides is 1. The Labute approximate surface area is 146 Å². The molecule has 0 unspecified atom stereocenters. The molecular weight excluding hydrogens is 302 g/mol. The zero-order chi connectivity index (χ0) is 18.0. The van der Waals surface area contributed by atoms with Gasteiger partial charge in [0.05, 0.1) is 6.61 Å². The van der Waals surface area contributed by atoms with Crippen molar-refractivity contribution in [2.24, 2.45) is 0 Å². The molecule has 0 radical (unpaired) electrons. The molecule has 134 valence electrons. The quantitative estimate of drug-likeness (QED) is 0.522. The maximum Gasteiger partial charge on any atom is 0.315 e. The second-order valence-corrected chi connectivity index (χ2v) is 6.35. The highest BCUT2D eigenvalue weighted by Crippen LogP contribution is 2.35. The minimum absolute atomic E-state index is 0.0842. The topological polar surface area (TPSA) is 55.4 Å². The van der Waals surface area contributed by atoms with Gasteiger partial charge in [-0.1, -0.05) is 51.0 Å². The molecule has 0 aliphatic carbocycles. The molecule has 0 spiro atoms. The third kappa shape index (κ3) is 5.66. The van der Waals surface area contributed by atoms with Crippen LogP contribution in [0.4, 0.5) is 0 Å². The van der Waals surface area contributed by atoms with E-state index >= 15 is 0 Å². The van der Waals surface area contributed by atoms with E-state index in [-0.39, 0.29) is 17.7 Å². The minimum atomic E-state index is -0.470. The van der Waals surface area contributed by atoms with E-state index in [1.807, 2.05) is 6.07 Å². The van der Waals surface area contributed by atoms with Crippen LogP contribution in [0.2, 0.25) is 0 Å². The van der Waals surface area contributed by atoms with Crippen molar-refractivity contribution in [1.82, 2.24) is 5.32 Å². The lowest BCUT2D eigenvalue weighted by Gasteiger charge is -2.36. The summed E-state index contributed by atoms with van der Waals surface area (Å²) >= 11 is 0. The van der Waals surface area contributed by atoms with Gasteiger partial charge >= 0.3 is 5.97 Å². The number of esters is 1. The first-order chi connectivity index (χ1) is 11.5. The summed E-state index contributed by atoms with van der Waals surface area (Å²) in [6, 6.07) is 8.39. The van der Waals surface area contributed by atoms with E-state index < -0.39 is 5.97 Å². The fourth-order valence-electron chi connectivity index (χ4n) is 3.46. The van der Waals surface area contributed by atoms with E-state index in [9.17, 15) is 9.59 Å². The number of hydrogen-bond acceptors (Lipinski definition) is 3. The van der Waals surface area contributed by atoms with E-state index in [1.54, 1.807) is 6.92 Å². The Morgan fingerprint density at radius 3 is 2.25 bits per heavy atom. The highest BCUT2D eigenvalue weighted by Gasteiger charge is 2.32. The van der Waals surface area contributed by atoms with Crippen LogP contribution in [0.25, 0.3) is 0 Å². The maximum atomic E-state index is 12.1. The number of rotatable bonds is 10. The second kappa shape index (κ2) is 10.1. The molecule has 0 saturated carbocycles. The summed E-state index contributed by atoms with van der Waals surface area (Å²) in [4.78, 5) is 23.6. The monoisotopic (exact) mass is 333 g/mol. The summed E-state index contributed by atoms with van der Waals surface area (Å²) < 4.78 is 4.84. The molecular formula is C20H31NO3. The largest absolute Gasteiger partial charge is 0.466 e. The van der Waals surface area contributed by atoms with Crippen LogP contribution in [0.1, 0.15) is 64.0 Å². The van der Waals surface area contributed by atoms with Crippen molar-refractivity contribution in [2.45, 2.75) is 65.2 Å². The lowest BCUT2D eigenvalue weighted by Crippen LogP contribution is -2.42. The Hall–Kier alpha value is -1.84. The summed E-state index contributed by atoms with van der Waals surface area (Å²) in [7, 11) is 0. The number of benzene rings is 1.